The standard InChI is InChI=1S/C20H24FN7O2S/c1-26-17(9-8-16(22)29)24-28(20(26)31)12-27-10-2-3-14(11-27)19-23-18(25-30-19)13-4-6-15(21)7-5-13/h4-7,14H,2-3,8-12H2,1H3,(H2,22,29). The van der Waals surface area contributed by atoms with Gasteiger partial charge in [0.15, 0.2) is 4.77 Å². The van der Waals surface area contributed by atoms with E-state index >= 15 is 0 Å². The van der Waals surface area contributed by atoms with Gasteiger partial charge in [0.25, 0.3) is 0 Å². The summed E-state index contributed by atoms with van der Waals surface area (Å²) in [6.07, 6.45) is 2.62. The number of likely N-dealkylation sites (tertiary alicyclic amines) is 1. The van der Waals surface area contributed by atoms with Crippen LogP contribution in [0.3, 0.4) is 0 Å². The van der Waals surface area contributed by atoms with Crippen molar-refractivity contribution in [2.45, 2.75) is 38.3 Å². The molecule has 1 unspecified atom stereocenters. The number of benzene rings is 1. The molecule has 1 aliphatic rings. The van der Waals surface area contributed by atoms with Crippen molar-refractivity contribution in [2.75, 3.05) is 13.1 Å². The molecule has 2 aromatic heterocycles. The summed E-state index contributed by atoms with van der Waals surface area (Å²) in [5.74, 6) is 1.20. The van der Waals surface area contributed by atoms with Gasteiger partial charge in [-0.1, -0.05) is 5.16 Å². The van der Waals surface area contributed by atoms with Crippen LogP contribution in [-0.4, -0.2) is 48.4 Å². The number of nitrogens with two attached hydrogens (primary N) is 1. The molecule has 1 fully saturated rings. The summed E-state index contributed by atoms with van der Waals surface area (Å²) in [6, 6.07) is 6.02. The fraction of sp³-hybridized carbons (Fsp3) is 0.450. The van der Waals surface area contributed by atoms with E-state index in [4.69, 9.17) is 22.5 Å². The van der Waals surface area contributed by atoms with Crippen LogP contribution in [0.2, 0.25) is 0 Å². The van der Waals surface area contributed by atoms with Gasteiger partial charge in [-0.15, -0.1) is 0 Å². The Kier molecular flexibility index (Phi) is 6.23. The number of carbonyl (C=O) groups excluding carboxylic acids is 1. The molecule has 4 rings (SSSR count). The Hall–Kier alpha value is -2.92. The Balaban J connectivity index is 1.44. The van der Waals surface area contributed by atoms with Gasteiger partial charge >= 0.3 is 0 Å². The topological polar surface area (TPSA) is 108 Å². The zero-order chi connectivity index (χ0) is 22.0. The largest absolute Gasteiger partial charge is 0.370 e. The fourth-order valence-corrected chi connectivity index (χ4v) is 3.97. The Morgan fingerprint density at radius 3 is 2.87 bits per heavy atom. The Morgan fingerprint density at radius 1 is 1.35 bits per heavy atom. The third kappa shape index (κ3) is 4.88. The Morgan fingerprint density at radius 2 is 2.13 bits per heavy atom. The third-order valence-electron chi connectivity index (χ3n) is 5.46. The monoisotopic (exact) mass is 445 g/mol. The van der Waals surface area contributed by atoms with Crippen molar-refractivity contribution in [2.24, 2.45) is 12.8 Å². The average Bonchev–Trinajstić information content (AvgIpc) is 3.34. The Bertz CT molecular complexity index is 1120. The minimum Gasteiger partial charge on any atom is -0.370 e. The SMILES string of the molecule is Cn1c(CCC(N)=O)nn(CN2CCCC(c3nc(-c4ccc(F)cc4)no3)C2)c1=S. The van der Waals surface area contributed by atoms with Gasteiger partial charge in [0.1, 0.15) is 11.6 Å². The number of aromatic nitrogens is 5. The lowest BCUT2D eigenvalue weighted by Crippen LogP contribution is -2.36. The number of nitrogens with zero attached hydrogens (tertiary/aromatic N) is 6. The van der Waals surface area contributed by atoms with Crippen molar-refractivity contribution < 1.29 is 13.7 Å². The second-order valence-corrected chi connectivity index (χ2v) is 8.11. The molecule has 9 nitrogen and oxygen atoms in total. The third-order valence-corrected chi connectivity index (χ3v) is 5.94. The van der Waals surface area contributed by atoms with Gasteiger partial charge in [0.05, 0.1) is 12.6 Å². The summed E-state index contributed by atoms with van der Waals surface area (Å²) in [5, 5.41) is 8.63. The van der Waals surface area contributed by atoms with Gasteiger partial charge in [0.2, 0.25) is 17.6 Å². The maximum atomic E-state index is 13.1. The van der Waals surface area contributed by atoms with E-state index < -0.39 is 0 Å². The molecular formula is C20H24FN7O2S. The van der Waals surface area contributed by atoms with E-state index in [0.29, 0.717) is 35.1 Å². The van der Waals surface area contributed by atoms with Crippen molar-refractivity contribution in [3.05, 3.63) is 46.6 Å². The number of primary amides is 1. The van der Waals surface area contributed by atoms with Crippen molar-refractivity contribution in [3.63, 3.8) is 0 Å². The predicted molar refractivity (Wildman–Crippen MR) is 113 cm³/mol. The molecule has 1 amide bonds. The number of hydrogen-bond donors (Lipinski definition) is 1. The molecule has 0 spiro atoms. The first-order valence-electron chi connectivity index (χ1n) is 10.1. The van der Waals surface area contributed by atoms with Crippen LogP contribution in [0.5, 0.6) is 0 Å². The van der Waals surface area contributed by atoms with Crippen LogP contribution in [0.1, 0.15) is 36.9 Å². The highest BCUT2D eigenvalue weighted by atomic mass is 32.1. The normalized spacial score (nSPS) is 17.2. The van der Waals surface area contributed by atoms with E-state index in [0.717, 1.165) is 31.8 Å². The van der Waals surface area contributed by atoms with Gasteiger partial charge in [-0.05, 0) is 55.9 Å². The van der Waals surface area contributed by atoms with Gasteiger partial charge in [0, 0.05) is 32.0 Å². The molecule has 11 heteroatoms. The fourth-order valence-electron chi connectivity index (χ4n) is 3.77. The van der Waals surface area contributed by atoms with Gasteiger partial charge in [-0.3, -0.25) is 9.69 Å². The summed E-state index contributed by atoms with van der Waals surface area (Å²) >= 11 is 5.50. The van der Waals surface area contributed by atoms with Crippen molar-refractivity contribution in [3.8, 4) is 11.4 Å². The van der Waals surface area contributed by atoms with Gasteiger partial charge in [-0.2, -0.15) is 10.1 Å². The molecule has 31 heavy (non-hydrogen) atoms. The van der Waals surface area contributed by atoms with Crippen molar-refractivity contribution in [1.82, 2.24) is 29.4 Å². The predicted octanol–water partition coefficient (Wildman–Crippen LogP) is 2.40. The molecular weight excluding hydrogens is 421 g/mol. The van der Waals surface area contributed by atoms with Gasteiger partial charge < -0.3 is 14.8 Å². The second kappa shape index (κ2) is 9.06. The molecule has 2 N–H and O–H groups in total. The van der Waals surface area contributed by atoms with Crippen LogP contribution in [0, 0.1) is 10.6 Å². The molecule has 0 radical (unpaired) electrons. The van der Waals surface area contributed by atoms with E-state index in [2.05, 4.69) is 20.1 Å². The maximum Gasteiger partial charge on any atom is 0.231 e. The Labute approximate surface area is 183 Å². The minimum absolute atomic E-state index is 0.0997. The van der Waals surface area contributed by atoms with E-state index in [1.165, 1.54) is 12.1 Å². The molecule has 1 aliphatic heterocycles. The first kappa shape index (κ1) is 21.3. The summed E-state index contributed by atoms with van der Waals surface area (Å²) in [7, 11) is 1.84. The van der Waals surface area contributed by atoms with Crippen LogP contribution in [0.4, 0.5) is 4.39 Å². The van der Waals surface area contributed by atoms with E-state index in [-0.39, 0.29) is 24.1 Å². The maximum absolute atomic E-state index is 13.1. The minimum atomic E-state index is -0.362. The van der Waals surface area contributed by atoms with Crippen LogP contribution >= 0.6 is 12.2 Å². The molecule has 1 saturated heterocycles. The lowest BCUT2D eigenvalue weighted by atomic mass is 9.98. The molecule has 3 aromatic rings. The summed E-state index contributed by atoms with van der Waals surface area (Å²) in [6.45, 7) is 2.18. The van der Waals surface area contributed by atoms with Crippen LogP contribution in [-0.2, 0) is 24.9 Å². The number of carbonyl (C=O) groups is 1. The number of piperidine rings is 1. The van der Waals surface area contributed by atoms with Crippen molar-refractivity contribution in [1.29, 1.82) is 0 Å². The van der Waals surface area contributed by atoms with Crippen molar-refractivity contribution >= 4 is 18.1 Å². The highest BCUT2D eigenvalue weighted by Gasteiger charge is 2.27. The highest BCUT2D eigenvalue weighted by molar-refractivity contribution is 7.71. The molecule has 3 heterocycles. The molecule has 0 aliphatic carbocycles. The molecule has 1 aromatic carbocycles. The zero-order valence-electron chi connectivity index (χ0n) is 17.2. The second-order valence-electron chi connectivity index (χ2n) is 7.74. The molecule has 164 valence electrons. The number of halogens is 1. The van der Waals surface area contributed by atoms with Crippen LogP contribution in [0.25, 0.3) is 11.4 Å². The van der Waals surface area contributed by atoms with E-state index in [9.17, 15) is 9.18 Å². The number of aryl methyl sites for hydroxylation is 1. The van der Waals surface area contributed by atoms with E-state index in [1.807, 2.05) is 11.6 Å². The zero-order valence-corrected chi connectivity index (χ0v) is 18.0. The smallest absolute Gasteiger partial charge is 0.231 e. The number of amides is 1. The lowest BCUT2D eigenvalue weighted by Gasteiger charge is -2.30. The number of hydrogen-bond acceptors (Lipinski definition) is 7. The van der Waals surface area contributed by atoms with Crippen LogP contribution in [0.15, 0.2) is 28.8 Å². The quantitative estimate of drug-likeness (QED) is 0.556. The number of rotatable bonds is 7. The highest BCUT2D eigenvalue weighted by Crippen LogP contribution is 2.28. The van der Waals surface area contributed by atoms with E-state index in [1.54, 1.807) is 16.8 Å². The summed E-state index contributed by atoms with van der Waals surface area (Å²) in [4.78, 5) is 17.9. The lowest BCUT2D eigenvalue weighted by molar-refractivity contribution is -0.118. The first-order chi connectivity index (χ1) is 14.9. The summed E-state index contributed by atoms with van der Waals surface area (Å²) in [5.41, 5.74) is 5.96. The van der Waals surface area contributed by atoms with Gasteiger partial charge in [-0.25, -0.2) is 9.07 Å². The molecule has 0 bridgehead atoms. The molecule has 0 saturated carbocycles. The summed E-state index contributed by atoms with van der Waals surface area (Å²) < 4.78 is 22.8. The molecule has 1 atom stereocenters. The average molecular weight is 446 g/mol. The van der Waals surface area contributed by atoms with Crippen LogP contribution < -0.4 is 5.73 Å². The first-order valence-corrected chi connectivity index (χ1v) is 10.5.